The van der Waals surface area contributed by atoms with E-state index in [1.54, 1.807) is 0 Å². The molecule has 3 nitrogen and oxygen atoms in total. The van der Waals surface area contributed by atoms with Crippen molar-refractivity contribution in [1.29, 1.82) is 0 Å². The van der Waals surface area contributed by atoms with E-state index in [0.29, 0.717) is 5.92 Å². The Morgan fingerprint density at radius 2 is 2.26 bits per heavy atom. The number of aromatic nitrogens is 3. The van der Waals surface area contributed by atoms with Gasteiger partial charge in [0, 0.05) is 16.3 Å². The van der Waals surface area contributed by atoms with Crippen molar-refractivity contribution in [3.63, 3.8) is 0 Å². The van der Waals surface area contributed by atoms with Crippen molar-refractivity contribution in [3.8, 4) is 0 Å². The first kappa shape index (κ1) is 13.1. The molecule has 0 saturated heterocycles. The molecule has 2 heterocycles. The molecule has 1 atom stereocenters. The molecule has 0 saturated carbocycles. The van der Waals surface area contributed by atoms with Gasteiger partial charge >= 0.3 is 0 Å². The summed E-state index contributed by atoms with van der Waals surface area (Å²) in [5.74, 6) is 1.49. The summed E-state index contributed by atoms with van der Waals surface area (Å²) in [6.45, 7) is 6.54. The lowest BCUT2D eigenvalue weighted by Crippen LogP contribution is -2.26. The van der Waals surface area contributed by atoms with Crippen LogP contribution < -0.4 is 0 Å². The molecule has 0 aromatic carbocycles. The molecule has 19 heavy (non-hydrogen) atoms. The second-order valence-corrected chi connectivity index (χ2v) is 7.52. The third kappa shape index (κ3) is 2.19. The van der Waals surface area contributed by atoms with Crippen LogP contribution in [0.5, 0.6) is 0 Å². The molecule has 1 aliphatic rings. The molecule has 0 spiro atoms. The van der Waals surface area contributed by atoms with Crippen molar-refractivity contribution in [2.75, 3.05) is 0 Å². The molecule has 1 N–H and O–H groups in total. The van der Waals surface area contributed by atoms with Crippen molar-refractivity contribution in [1.82, 2.24) is 14.8 Å². The zero-order valence-electron chi connectivity index (χ0n) is 11.6. The first-order valence-electron chi connectivity index (χ1n) is 6.72. The topological polar surface area (TPSA) is 33.6 Å². The third-order valence-electron chi connectivity index (χ3n) is 3.73. The molecular formula is C14H19N3S2. The smallest absolute Gasteiger partial charge is 0.195 e. The Kier molecular flexibility index (Phi) is 3.14. The van der Waals surface area contributed by atoms with E-state index in [1.807, 2.05) is 11.3 Å². The molecule has 0 aliphatic heterocycles. The first-order valence-corrected chi connectivity index (χ1v) is 8.01. The van der Waals surface area contributed by atoms with Gasteiger partial charge in [-0.25, -0.2) is 0 Å². The van der Waals surface area contributed by atoms with Crippen LogP contribution in [-0.4, -0.2) is 14.8 Å². The summed E-state index contributed by atoms with van der Waals surface area (Å²) in [4.78, 5) is 1.52. The van der Waals surface area contributed by atoms with Gasteiger partial charge in [-0.15, -0.1) is 11.3 Å². The molecule has 0 fully saturated rings. The predicted molar refractivity (Wildman–Crippen MR) is 81.5 cm³/mol. The van der Waals surface area contributed by atoms with Gasteiger partial charge in [0.15, 0.2) is 4.77 Å². The number of nitrogens with one attached hydrogen (secondary N) is 1. The normalized spacial score (nSPS) is 19.4. The molecular weight excluding hydrogens is 274 g/mol. The first-order chi connectivity index (χ1) is 8.98. The number of fused-ring (bicyclic) bond motifs is 1. The summed E-state index contributed by atoms with van der Waals surface area (Å²) in [5.41, 5.74) is 1.42. The molecule has 0 radical (unpaired) electrons. The van der Waals surface area contributed by atoms with E-state index in [9.17, 15) is 0 Å². The maximum absolute atomic E-state index is 5.42. The number of hydrogen-bond donors (Lipinski definition) is 1. The molecule has 1 aliphatic carbocycles. The van der Waals surface area contributed by atoms with Crippen molar-refractivity contribution >= 4 is 23.6 Å². The van der Waals surface area contributed by atoms with E-state index < -0.39 is 0 Å². The SMILES string of the molecule is CC(C)(C)n1c(C2CCCc3sccc32)n[nH]c1=S. The molecule has 0 bridgehead atoms. The van der Waals surface area contributed by atoms with Gasteiger partial charge in [-0.1, -0.05) is 0 Å². The van der Waals surface area contributed by atoms with Crippen LogP contribution in [0.4, 0.5) is 0 Å². The summed E-state index contributed by atoms with van der Waals surface area (Å²) in [5, 5.41) is 9.72. The standard InChI is InChI=1S/C14H19N3S2/c1-14(2,3)17-12(15-16-13(17)18)10-5-4-6-11-9(10)7-8-19-11/h7-8,10H,4-6H2,1-3H3,(H,16,18). The predicted octanol–water partition coefficient (Wildman–Crippen LogP) is 4.23. The Labute approximate surface area is 122 Å². The van der Waals surface area contributed by atoms with E-state index in [2.05, 4.69) is 47.0 Å². The van der Waals surface area contributed by atoms with Gasteiger partial charge in [0.25, 0.3) is 0 Å². The lowest BCUT2D eigenvalue weighted by atomic mass is 9.86. The number of rotatable bonds is 1. The van der Waals surface area contributed by atoms with E-state index in [0.717, 1.165) is 10.6 Å². The second-order valence-electron chi connectivity index (χ2n) is 6.14. The van der Waals surface area contributed by atoms with Gasteiger partial charge in [-0.2, -0.15) is 5.10 Å². The molecule has 0 amide bonds. The quantitative estimate of drug-likeness (QED) is 0.798. The Morgan fingerprint density at radius 3 is 3.00 bits per heavy atom. The van der Waals surface area contributed by atoms with Gasteiger partial charge < -0.3 is 0 Å². The minimum absolute atomic E-state index is 0.0347. The maximum atomic E-state index is 5.42. The molecule has 1 unspecified atom stereocenters. The van der Waals surface area contributed by atoms with Gasteiger partial charge in [-0.3, -0.25) is 9.67 Å². The molecule has 3 rings (SSSR count). The zero-order valence-corrected chi connectivity index (χ0v) is 13.2. The van der Waals surface area contributed by atoms with E-state index in [4.69, 9.17) is 12.2 Å². The lowest BCUT2D eigenvalue weighted by Gasteiger charge is -2.28. The summed E-state index contributed by atoms with van der Waals surface area (Å²) in [7, 11) is 0. The largest absolute Gasteiger partial charge is 0.298 e. The number of H-pyrrole nitrogens is 1. The van der Waals surface area contributed by atoms with Gasteiger partial charge in [0.2, 0.25) is 0 Å². The van der Waals surface area contributed by atoms with Gasteiger partial charge in [-0.05, 0) is 69.3 Å². The second kappa shape index (κ2) is 4.56. The summed E-state index contributed by atoms with van der Waals surface area (Å²) in [6, 6.07) is 2.26. The Hall–Kier alpha value is -0.940. The number of thiophene rings is 1. The van der Waals surface area contributed by atoms with Crippen LogP contribution >= 0.6 is 23.6 Å². The van der Waals surface area contributed by atoms with Crippen LogP contribution in [0.25, 0.3) is 0 Å². The minimum atomic E-state index is -0.0347. The summed E-state index contributed by atoms with van der Waals surface area (Å²) in [6.07, 6.45) is 3.62. The molecule has 5 heteroatoms. The van der Waals surface area contributed by atoms with Crippen LogP contribution in [0.1, 0.15) is 55.8 Å². The van der Waals surface area contributed by atoms with Crippen molar-refractivity contribution in [3.05, 3.63) is 32.5 Å². The van der Waals surface area contributed by atoms with Crippen LogP contribution in [0.15, 0.2) is 11.4 Å². The monoisotopic (exact) mass is 293 g/mol. The Balaban J connectivity index is 2.13. The lowest BCUT2D eigenvalue weighted by molar-refractivity contribution is 0.367. The summed E-state index contributed by atoms with van der Waals surface area (Å²) < 4.78 is 2.91. The fourth-order valence-electron chi connectivity index (χ4n) is 2.95. The van der Waals surface area contributed by atoms with Crippen LogP contribution in [-0.2, 0) is 12.0 Å². The molecule has 102 valence electrons. The fraction of sp³-hybridized carbons (Fsp3) is 0.571. The highest BCUT2D eigenvalue weighted by atomic mass is 32.1. The zero-order chi connectivity index (χ0) is 13.6. The molecule has 2 aromatic rings. The highest BCUT2D eigenvalue weighted by Crippen LogP contribution is 2.39. The number of nitrogens with zero attached hydrogens (tertiary/aromatic N) is 2. The maximum Gasteiger partial charge on any atom is 0.195 e. The van der Waals surface area contributed by atoms with Crippen molar-refractivity contribution < 1.29 is 0 Å². The van der Waals surface area contributed by atoms with Gasteiger partial charge in [0.05, 0.1) is 0 Å². The Bertz CT molecular complexity index is 642. The fourth-order valence-corrected chi connectivity index (χ4v) is 4.35. The van der Waals surface area contributed by atoms with Crippen LogP contribution in [0.2, 0.25) is 0 Å². The highest BCUT2D eigenvalue weighted by molar-refractivity contribution is 7.71. The minimum Gasteiger partial charge on any atom is -0.298 e. The summed E-state index contributed by atoms with van der Waals surface area (Å²) >= 11 is 7.29. The van der Waals surface area contributed by atoms with Crippen molar-refractivity contribution in [2.45, 2.75) is 51.5 Å². The van der Waals surface area contributed by atoms with E-state index >= 15 is 0 Å². The average Bonchev–Trinajstić information content (AvgIpc) is 2.93. The Morgan fingerprint density at radius 1 is 1.47 bits per heavy atom. The third-order valence-corrected chi connectivity index (χ3v) is 5.00. The average molecular weight is 293 g/mol. The van der Waals surface area contributed by atoms with Crippen LogP contribution in [0, 0.1) is 4.77 Å². The number of aromatic amines is 1. The van der Waals surface area contributed by atoms with E-state index in [1.165, 1.54) is 29.7 Å². The van der Waals surface area contributed by atoms with Crippen molar-refractivity contribution in [2.24, 2.45) is 0 Å². The molecule has 2 aromatic heterocycles. The van der Waals surface area contributed by atoms with Crippen LogP contribution in [0.3, 0.4) is 0 Å². The highest BCUT2D eigenvalue weighted by Gasteiger charge is 2.30. The number of hydrogen-bond acceptors (Lipinski definition) is 3. The van der Waals surface area contributed by atoms with Gasteiger partial charge in [0.1, 0.15) is 5.82 Å². The number of aryl methyl sites for hydroxylation is 1. The van der Waals surface area contributed by atoms with E-state index in [-0.39, 0.29) is 5.54 Å².